The van der Waals surface area contributed by atoms with Gasteiger partial charge in [0.25, 0.3) is 11.5 Å². The van der Waals surface area contributed by atoms with Gasteiger partial charge in [-0.15, -0.1) is 0 Å². The number of nitrogens with zero attached hydrogens (tertiary/aromatic N) is 4. The Morgan fingerprint density at radius 2 is 1.88 bits per heavy atom. The molecule has 0 aliphatic rings. The molecule has 3 aromatic rings. The van der Waals surface area contributed by atoms with Crippen molar-refractivity contribution in [1.29, 1.82) is 0 Å². The molecule has 2 heterocycles. The second-order valence-corrected chi connectivity index (χ2v) is 5.44. The number of carbonyl (C=O) groups is 1. The van der Waals surface area contributed by atoms with Crippen molar-refractivity contribution < 1.29 is 4.79 Å². The van der Waals surface area contributed by atoms with Gasteiger partial charge in [-0.3, -0.25) is 9.59 Å². The average Bonchev–Trinajstić information content (AvgIpc) is 3.00. The van der Waals surface area contributed by atoms with E-state index in [4.69, 9.17) is 0 Å². The van der Waals surface area contributed by atoms with Gasteiger partial charge in [-0.2, -0.15) is 5.10 Å². The van der Waals surface area contributed by atoms with Gasteiger partial charge in [0, 0.05) is 37.5 Å². The van der Waals surface area contributed by atoms with Crippen molar-refractivity contribution in [2.45, 2.75) is 6.54 Å². The van der Waals surface area contributed by atoms with Crippen molar-refractivity contribution in [3.8, 4) is 11.3 Å². The van der Waals surface area contributed by atoms with Crippen LogP contribution in [0.3, 0.4) is 0 Å². The third kappa shape index (κ3) is 3.24. The Labute approximate surface area is 138 Å². The number of carbonyl (C=O) groups excluding carboxylic acids is 1. The van der Waals surface area contributed by atoms with Crippen molar-refractivity contribution in [1.82, 2.24) is 24.6 Å². The smallest absolute Gasteiger partial charge is 0.266 e. The molecule has 122 valence electrons. The summed E-state index contributed by atoms with van der Waals surface area (Å²) in [6.07, 6.45) is 3.41. The number of benzene rings is 1. The van der Waals surface area contributed by atoms with Crippen LogP contribution < -0.4 is 10.9 Å². The molecule has 24 heavy (non-hydrogen) atoms. The van der Waals surface area contributed by atoms with Crippen molar-refractivity contribution in [2.24, 2.45) is 14.1 Å². The first-order valence-electron chi connectivity index (χ1n) is 7.43. The molecule has 0 aliphatic carbocycles. The summed E-state index contributed by atoms with van der Waals surface area (Å²) in [5.74, 6) is -0.156. The molecule has 7 heteroatoms. The van der Waals surface area contributed by atoms with Gasteiger partial charge < -0.3 is 9.88 Å². The lowest BCUT2D eigenvalue weighted by molar-refractivity contribution is 0.0950. The van der Waals surface area contributed by atoms with Crippen molar-refractivity contribution in [3.05, 3.63) is 70.5 Å². The molecule has 0 aliphatic heterocycles. The predicted octanol–water partition coefficient (Wildman–Crippen LogP) is 1.11. The van der Waals surface area contributed by atoms with Crippen LogP contribution in [0.2, 0.25) is 0 Å². The maximum Gasteiger partial charge on any atom is 0.266 e. The number of rotatable bonds is 4. The fraction of sp³-hybridized carbons (Fsp3) is 0.176. The van der Waals surface area contributed by atoms with Crippen LogP contribution in [0, 0.1) is 0 Å². The van der Waals surface area contributed by atoms with Gasteiger partial charge in [-0.1, -0.05) is 12.1 Å². The van der Waals surface area contributed by atoms with Gasteiger partial charge in [-0.25, -0.2) is 9.67 Å². The first-order valence-corrected chi connectivity index (χ1v) is 7.43. The number of hydrogen-bond donors (Lipinski definition) is 1. The molecular weight excluding hydrogens is 306 g/mol. The third-order valence-electron chi connectivity index (χ3n) is 3.75. The van der Waals surface area contributed by atoms with E-state index in [-0.39, 0.29) is 11.5 Å². The molecule has 0 unspecified atom stereocenters. The average molecular weight is 323 g/mol. The Hall–Kier alpha value is -3.22. The first kappa shape index (κ1) is 15.7. The first-order chi connectivity index (χ1) is 11.5. The highest BCUT2D eigenvalue weighted by atomic mass is 16.1. The van der Waals surface area contributed by atoms with Crippen LogP contribution >= 0.6 is 0 Å². The third-order valence-corrected chi connectivity index (χ3v) is 3.75. The normalized spacial score (nSPS) is 10.6. The summed E-state index contributed by atoms with van der Waals surface area (Å²) >= 11 is 0. The quantitative estimate of drug-likeness (QED) is 0.780. The molecule has 2 aromatic heterocycles. The van der Waals surface area contributed by atoms with Crippen molar-refractivity contribution >= 4 is 5.91 Å². The largest absolute Gasteiger partial charge is 0.346 e. The van der Waals surface area contributed by atoms with Gasteiger partial charge in [0.15, 0.2) is 0 Å². The van der Waals surface area contributed by atoms with E-state index in [0.717, 1.165) is 11.3 Å². The minimum absolute atomic E-state index is 0.156. The highest BCUT2D eigenvalue weighted by Crippen LogP contribution is 2.16. The van der Waals surface area contributed by atoms with Crippen LogP contribution in [0.1, 0.15) is 16.1 Å². The zero-order valence-corrected chi connectivity index (χ0v) is 13.4. The molecule has 0 fully saturated rings. The highest BCUT2D eigenvalue weighted by molar-refractivity contribution is 5.94. The molecule has 1 amide bonds. The summed E-state index contributed by atoms with van der Waals surface area (Å²) in [6.45, 7) is 0.416. The lowest BCUT2D eigenvalue weighted by Crippen LogP contribution is -2.23. The summed E-state index contributed by atoms with van der Waals surface area (Å²) in [7, 11) is 3.48. The van der Waals surface area contributed by atoms with Crippen molar-refractivity contribution in [2.75, 3.05) is 0 Å². The van der Waals surface area contributed by atoms with E-state index in [1.165, 1.54) is 10.7 Å². The molecule has 0 saturated carbocycles. The number of aromatic nitrogens is 4. The summed E-state index contributed by atoms with van der Waals surface area (Å²) in [4.78, 5) is 27.6. The van der Waals surface area contributed by atoms with Crippen LogP contribution in [0.5, 0.6) is 0 Å². The Morgan fingerprint density at radius 3 is 2.50 bits per heavy atom. The molecule has 1 N–H and O–H groups in total. The standard InChI is InChI=1S/C17H17N5O2/c1-21-11-18-9-14(21)10-19-17(24)13-5-3-12(4-6-13)15-7-8-16(23)22(2)20-15/h3-9,11H,10H2,1-2H3,(H,19,24). The van der Waals surface area contributed by atoms with E-state index >= 15 is 0 Å². The molecule has 7 nitrogen and oxygen atoms in total. The summed E-state index contributed by atoms with van der Waals surface area (Å²) < 4.78 is 3.14. The minimum Gasteiger partial charge on any atom is -0.346 e. The molecule has 1 aromatic carbocycles. The van der Waals surface area contributed by atoms with E-state index in [1.54, 1.807) is 37.8 Å². The number of amides is 1. The molecule has 0 atom stereocenters. The van der Waals surface area contributed by atoms with Crippen LogP contribution in [0.25, 0.3) is 11.3 Å². The van der Waals surface area contributed by atoms with Gasteiger partial charge in [-0.05, 0) is 18.2 Å². The molecular formula is C17H17N5O2. The second kappa shape index (κ2) is 6.49. The molecule has 0 spiro atoms. The fourth-order valence-corrected chi connectivity index (χ4v) is 2.28. The monoisotopic (exact) mass is 323 g/mol. The Morgan fingerprint density at radius 1 is 1.12 bits per heavy atom. The molecule has 3 rings (SSSR count). The fourth-order valence-electron chi connectivity index (χ4n) is 2.28. The van der Waals surface area contributed by atoms with Gasteiger partial charge in [0.2, 0.25) is 0 Å². The van der Waals surface area contributed by atoms with Crippen LogP contribution in [-0.2, 0) is 20.6 Å². The summed E-state index contributed by atoms with van der Waals surface area (Å²) in [5.41, 5.74) is 2.85. The van der Waals surface area contributed by atoms with Gasteiger partial charge in [0.05, 0.1) is 24.3 Å². The van der Waals surface area contributed by atoms with Crippen LogP contribution in [-0.4, -0.2) is 25.2 Å². The maximum atomic E-state index is 12.2. The predicted molar refractivity (Wildman–Crippen MR) is 89.3 cm³/mol. The lowest BCUT2D eigenvalue weighted by Gasteiger charge is -2.07. The molecule has 0 saturated heterocycles. The Balaban J connectivity index is 1.71. The number of nitrogens with one attached hydrogen (secondary N) is 1. The van der Waals surface area contributed by atoms with Gasteiger partial charge >= 0.3 is 0 Å². The van der Waals surface area contributed by atoms with E-state index < -0.39 is 0 Å². The maximum absolute atomic E-state index is 12.2. The highest BCUT2D eigenvalue weighted by Gasteiger charge is 2.08. The summed E-state index contributed by atoms with van der Waals surface area (Å²) in [6, 6.07) is 10.2. The van der Waals surface area contributed by atoms with E-state index in [1.807, 2.05) is 23.7 Å². The van der Waals surface area contributed by atoms with E-state index in [0.29, 0.717) is 17.8 Å². The minimum atomic E-state index is -0.162. The van der Waals surface area contributed by atoms with Crippen LogP contribution in [0.15, 0.2) is 53.7 Å². The Kier molecular flexibility index (Phi) is 4.24. The second-order valence-electron chi connectivity index (χ2n) is 5.44. The zero-order valence-electron chi connectivity index (χ0n) is 13.4. The zero-order chi connectivity index (χ0) is 17.1. The number of imidazole rings is 1. The summed E-state index contributed by atoms with van der Waals surface area (Å²) in [5, 5.41) is 7.05. The topological polar surface area (TPSA) is 81.8 Å². The van der Waals surface area contributed by atoms with E-state index in [2.05, 4.69) is 15.4 Å². The van der Waals surface area contributed by atoms with Crippen molar-refractivity contribution in [3.63, 3.8) is 0 Å². The van der Waals surface area contributed by atoms with Crippen LogP contribution in [0.4, 0.5) is 0 Å². The van der Waals surface area contributed by atoms with Gasteiger partial charge in [0.1, 0.15) is 0 Å². The SMILES string of the molecule is Cn1cncc1CNC(=O)c1ccc(-c2ccc(=O)n(C)n2)cc1. The molecule has 0 radical (unpaired) electrons. The lowest BCUT2D eigenvalue weighted by atomic mass is 10.1. The van der Waals surface area contributed by atoms with E-state index in [9.17, 15) is 9.59 Å². The Bertz CT molecular complexity index is 925. The number of hydrogen-bond acceptors (Lipinski definition) is 4. The number of aryl methyl sites for hydroxylation is 2. The molecule has 0 bridgehead atoms.